The highest BCUT2D eigenvalue weighted by molar-refractivity contribution is 5.77. The van der Waals surface area contributed by atoms with E-state index in [2.05, 4.69) is 0 Å². The Kier molecular flexibility index (Phi) is 3.07. The van der Waals surface area contributed by atoms with E-state index in [-0.39, 0.29) is 0 Å². The summed E-state index contributed by atoms with van der Waals surface area (Å²) >= 11 is 0. The second-order valence-corrected chi connectivity index (χ2v) is 4.49. The summed E-state index contributed by atoms with van der Waals surface area (Å²) in [7, 11) is 0. The number of hydrogen-bond acceptors (Lipinski definition) is 3. The van der Waals surface area contributed by atoms with E-state index in [1.54, 1.807) is 18.2 Å². The van der Waals surface area contributed by atoms with Crippen LogP contribution in [0.4, 0.5) is 0 Å². The average Bonchev–Trinajstić information content (AvgIpc) is 2.90. The molecule has 2 N–H and O–H groups in total. The first-order valence-corrected chi connectivity index (χ1v) is 6.15. The third kappa shape index (κ3) is 2.26. The zero-order valence-corrected chi connectivity index (χ0v) is 10.2. The molecule has 0 aliphatic carbocycles. The highest BCUT2D eigenvalue weighted by Crippen LogP contribution is 2.32. The molecule has 3 nitrogen and oxygen atoms in total. The predicted octanol–water partition coefficient (Wildman–Crippen LogP) is 3.20. The van der Waals surface area contributed by atoms with Gasteiger partial charge in [0.2, 0.25) is 0 Å². The molecule has 0 saturated heterocycles. The van der Waals surface area contributed by atoms with Crippen LogP contribution in [-0.2, 0) is 0 Å². The van der Waals surface area contributed by atoms with Gasteiger partial charge in [-0.3, -0.25) is 0 Å². The summed E-state index contributed by atoms with van der Waals surface area (Å²) in [5.74, 6) is 0.373. The molecule has 1 aromatic heterocycles. The minimum absolute atomic E-state index is 0.373. The van der Waals surface area contributed by atoms with Gasteiger partial charge in [-0.25, -0.2) is 0 Å². The van der Waals surface area contributed by atoms with E-state index in [1.165, 1.54) is 0 Å². The normalized spacial score (nSPS) is 14.4. The molecule has 0 saturated carbocycles. The predicted molar refractivity (Wildman–Crippen MR) is 72.6 cm³/mol. The van der Waals surface area contributed by atoms with Gasteiger partial charge in [0.15, 0.2) is 0 Å². The van der Waals surface area contributed by atoms with Gasteiger partial charge >= 0.3 is 0 Å². The van der Waals surface area contributed by atoms with Crippen LogP contribution in [0.5, 0.6) is 0 Å². The highest BCUT2D eigenvalue weighted by Gasteiger charge is 2.23. The molecule has 2 unspecified atom stereocenters. The van der Waals surface area contributed by atoms with Crippen molar-refractivity contribution in [2.24, 2.45) is 0 Å². The van der Waals surface area contributed by atoms with Gasteiger partial charge in [-0.2, -0.15) is 0 Å². The molecule has 2 aromatic carbocycles. The van der Waals surface area contributed by atoms with Gasteiger partial charge < -0.3 is 14.6 Å². The number of fused-ring (bicyclic) bond motifs is 1. The van der Waals surface area contributed by atoms with Crippen molar-refractivity contribution >= 4 is 11.0 Å². The molecule has 1 heterocycles. The van der Waals surface area contributed by atoms with Crippen LogP contribution in [0.1, 0.15) is 23.5 Å². The van der Waals surface area contributed by atoms with E-state index in [0.717, 1.165) is 5.39 Å². The second-order valence-electron chi connectivity index (χ2n) is 4.49. The van der Waals surface area contributed by atoms with E-state index >= 15 is 0 Å². The van der Waals surface area contributed by atoms with Crippen LogP contribution in [0, 0.1) is 0 Å². The van der Waals surface area contributed by atoms with Crippen LogP contribution in [0.2, 0.25) is 0 Å². The largest absolute Gasteiger partial charge is 0.458 e. The minimum Gasteiger partial charge on any atom is -0.458 e. The molecule has 0 bridgehead atoms. The maximum absolute atomic E-state index is 10.2. The molecule has 2 atom stereocenters. The lowest BCUT2D eigenvalue weighted by Crippen LogP contribution is -2.09. The van der Waals surface area contributed by atoms with Crippen molar-refractivity contribution in [3.8, 4) is 0 Å². The fraction of sp³-hybridized carbons (Fsp3) is 0.125. The van der Waals surface area contributed by atoms with Crippen LogP contribution in [0.3, 0.4) is 0 Å². The Morgan fingerprint density at radius 3 is 2.21 bits per heavy atom. The molecule has 3 rings (SSSR count). The van der Waals surface area contributed by atoms with Gasteiger partial charge in [0.1, 0.15) is 23.6 Å². The van der Waals surface area contributed by atoms with Gasteiger partial charge in [0.05, 0.1) is 0 Å². The summed E-state index contributed by atoms with van der Waals surface area (Å²) in [5.41, 5.74) is 1.37. The summed E-state index contributed by atoms with van der Waals surface area (Å²) in [6, 6.07) is 18.3. The van der Waals surface area contributed by atoms with Crippen LogP contribution in [0.25, 0.3) is 11.0 Å². The zero-order valence-electron chi connectivity index (χ0n) is 10.2. The van der Waals surface area contributed by atoms with Crippen LogP contribution in [0.15, 0.2) is 65.1 Å². The monoisotopic (exact) mass is 254 g/mol. The molecule has 3 aromatic rings. The van der Waals surface area contributed by atoms with Gasteiger partial charge in [-0.15, -0.1) is 0 Å². The summed E-state index contributed by atoms with van der Waals surface area (Å²) in [4.78, 5) is 0. The second kappa shape index (κ2) is 4.88. The number of aliphatic hydroxyl groups excluding tert-OH is 2. The van der Waals surface area contributed by atoms with Gasteiger partial charge in [-0.05, 0) is 17.7 Å². The highest BCUT2D eigenvalue weighted by atomic mass is 16.4. The molecule has 0 fully saturated rings. The van der Waals surface area contributed by atoms with E-state index in [1.807, 2.05) is 42.5 Å². The number of hydrogen-bond donors (Lipinski definition) is 2. The van der Waals surface area contributed by atoms with Gasteiger partial charge in [0.25, 0.3) is 0 Å². The van der Waals surface area contributed by atoms with Crippen molar-refractivity contribution in [3.05, 3.63) is 72.0 Å². The molecular weight excluding hydrogens is 240 g/mol. The van der Waals surface area contributed by atoms with Crippen LogP contribution in [-0.4, -0.2) is 10.2 Å². The number of aliphatic hydroxyl groups is 2. The first-order chi connectivity index (χ1) is 9.25. The fourth-order valence-electron chi connectivity index (χ4n) is 2.14. The Labute approximate surface area is 110 Å². The summed E-state index contributed by atoms with van der Waals surface area (Å²) in [5, 5.41) is 21.3. The first-order valence-electron chi connectivity index (χ1n) is 6.15. The lowest BCUT2D eigenvalue weighted by molar-refractivity contribution is 0.00506. The quantitative estimate of drug-likeness (QED) is 0.754. The van der Waals surface area contributed by atoms with E-state index < -0.39 is 12.2 Å². The number of para-hydroxylation sites is 1. The van der Waals surface area contributed by atoms with Crippen LogP contribution >= 0.6 is 0 Å². The Morgan fingerprint density at radius 2 is 1.47 bits per heavy atom. The SMILES string of the molecule is OC(c1ccccc1)C(O)c1cc2ccccc2o1. The van der Waals surface area contributed by atoms with Crippen LogP contribution < -0.4 is 0 Å². The molecular formula is C16H14O3. The first kappa shape index (κ1) is 12.0. The average molecular weight is 254 g/mol. The smallest absolute Gasteiger partial charge is 0.142 e. The number of rotatable bonds is 3. The third-order valence-electron chi connectivity index (χ3n) is 3.18. The zero-order chi connectivity index (χ0) is 13.2. The van der Waals surface area contributed by atoms with Crippen molar-refractivity contribution in [2.75, 3.05) is 0 Å². The van der Waals surface area contributed by atoms with Gasteiger partial charge in [0, 0.05) is 5.39 Å². The molecule has 0 aliphatic heterocycles. The van der Waals surface area contributed by atoms with Crippen molar-refractivity contribution < 1.29 is 14.6 Å². The Balaban J connectivity index is 1.93. The minimum atomic E-state index is -1.07. The molecule has 0 spiro atoms. The van der Waals surface area contributed by atoms with E-state index in [4.69, 9.17) is 4.42 Å². The molecule has 0 amide bonds. The Bertz CT molecular complexity index is 640. The van der Waals surface area contributed by atoms with Crippen molar-refractivity contribution in [1.29, 1.82) is 0 Å². The number of furan rings is 1. The molecule has 19 heavy (non-hydrogen) atoms. The third-order valence-corrected chi connectivity index (χ3v) is 3.18. The van der Waals surface area contributed by atoms with Crippen molar-refractivity contribution in [2.45, 2.75) is 12.2 Å². The molecule has 0 aliphatic rings. The standard InChI is InChI=1S/C16H14O3/c17-15(11-6-2-1-3-7-11)16(18)14-10-12-8-4-5-9-13(12)19-14/h1-10,15-18H. The Morgan fingerprint density at radius 1 is 0.789 bits per heavy atom. The fourth-order valence-corrected chi connectivity index (χ4v) is 2.14. The van der Waals surface area contributed by atoms with Crippen molar-refractivity contribution in [3.63, 3.8) is 0 Å². The van der Waals surface area contributed by atoms with Crippen molar-refractivity contribution in [1.82, 2.24) is 0 Å². The summed E-state index contributed by atoms with van der Waals surface area (Å²) in [6.45, 7) is 0. The summed E-state index contributed by atoms with van der Waals surface area (Å²) in [6.07, 6.45) is -2.07. The number of benzene rings is 2. The van der Waals surface area contributed by atoms with E-state index in [0.29, 0.717) is 16.9 Å². The maximum atomic E-state index is 10.2. The van der Waals surface area contributed by atoms with Gasteiger partial charge in [-0.1, -0.05) is 48.5 Å². The Hall–Kier alpha value is -2.10. The maximum Gasteiger partial charge on any atom is 0.142 e. The lowest BCUT2D eigenvalue weighted by Gasteiger charge is -2.15. The molecule has 0 radical (unpaired) electrons. The summed E-state index contributed by atoms with van der Waals surface area (Å²) < 4.78 is 5.56. The van der Waals surface area contributed by atoms with E-state index in [9.17, 15) is 10.2 Å². The topological polar surface area (TPSA) is 53.6 Å². The lowest BCUT2D eigenvalue weighted by atomic mass is 10.0. The molecule has 3 heteroatoms. The molecule has 96 valence electrons.